The zero-order valence-electron chi connectivity index (χ0n) is 18.9. The molecule has 30 heavy (non-hydrogen) atoms. The number of nitrogens with zero attached hydrogens (tertiary/aromatic N) is 2. The van der Waals surface area contributed by atoms with Gasteiger partial charge in [-0.3, -0.25) is 4.99 Å². The molecule has 2 aliphatic rings. The molecule has 1 aromatic rings. The highest BCUT2D eigenvalue weighted by atomic mass is 16.5. The number of nitrogens with one attached hydrogen (secondary N) is 1. The molecule has 0 saturated carbocycles. The van der Waals surface area contributed by atoms with Gasteiger partial charge in [0.05, 0.1) is 25.4 Å². The molecule has 2 aliphatic heterocycles. The van der Waals surface area contributed by atoms with Crippen LogP contribution in [0.15, 0.2) is 29.3 Å². The van der Waals surface area contributed by atoms with E-state index in [0.29, 0.717) is 24.7 Å². The van der Waals surface area contributed by atoms with Crippen molar-refractivity contribution in [3.05, 3.63) is 29.8 Å². The van der Waals surface area contributed by atoms with Gasteiger partial charge >= 0.3 is 0 Å². The zero-order valence-corrected chi connectivity index (χ0v) is 18.9. The van der Waals surface area contributed by atoms with Crippen LogP contribution in [-0.2, 0) is 9.47 Å². The average molecular weight is 418 g/mol. The van der Waals surface area contributed by atoms with Crippen molar-refractivity contribution in [3.63, 3.8) is 0 Å². The van der Waals surface area contributed by atoms with E-state index in [-0.39, 0.29) is 0 Å². The van der Waals surface area contributed by atoms with Crippen molar-refractivity contribution >= 4 is 5.96 Å². The van der Waals surface area contributed by atoms with E-state index in [9.17, 15) is 0 Å². The number of para-hydroxylation sites is 1. The third kappa shape index (κ3) is 6.88. The second-order valence-corrected chi connectivity index (χ2v) is 8.52. The van der Waals surface area contributed by atoms with Gasteiger partial charge in [-0.1, -0.05) is 32.0 Å². The van der Waals surface area contributed by atoms with Crippen LogP contribution in [0.1, 0.15) is 57.4 Å². The van der Waals surface area contributed by atoms with E-state index in [2.05, 4.69) is 41.2 Å². The zero-order chi connectivity index (χ0) is 21.2. The Balaban J connectivity index is 1.35. The van der Waals surface area contributed by atoms with Crippen molar-refractivity contribution in [2.24, 2.45) is 4.99 Å². The molecule has 0 spiro atoms. The number of rotatable bonds is 8. The Hall–Kier alpha value is -1.79. The Morgan fingerprint density at radius 1 is 1.20 bits per heavy atom. The summed E-state index contributed by atoms with van der Waals surface area (Å²) in [6.45, 7) is 9.29. The second-order valence-electron chi connectivity index (χ2n) is 8.52. The lowest BCUT2D eigenvalue weighted by Gasteiger charge is -2.35. The number of benzene rings is 1. The van der Waals surface area contributed by atoms with Gasteiger partial charge in [0.15, 0.2) is 5.96 Å². The van der Waals surface area contributed by atoms with Crippen molar-refractivity contribution < 1.29 is 14.2 Å². The maximum atomic E-state index is 6.13. The largest absolute Gasteiger partial charge is 0.491 e. The smallest absolute Gasteiger partial charge is 0.193 e. The summed E-state index contributed by atoms with van der Waals surface area (Å²) < 4.78 is 17.9. The minimum Gasteiger partial charge on any atom is -0.491 e. The Bertz CT molecular complexity index is 651. The Kier molecular flexibility index (Phi) is 9.27. The maximum absolute atomic E-state index is 6.13. The van der Waals surface area contributed by atoms with E-state index >= 15 is 0 Å². The summed E-state index contributed by atoms with van der Waals surface area (Å²) in [6.07, 6.45) is 6.29. The van der Waals surface area contributed by atoms with Crippen molar-refractivity contribution in [2.75, 3.05) is 46.5 Å². The number of ether oxygens (including phenoxy) is 3. The van der Waals surface area contributed by atoms with Gasteiger partial charge in [0.2, 0.25) is 0 Å². The quantitative estimate of drug-likeness (QED) is 0.396. The second kappa shape index (κ2) is 12.2. The van der Waals surface area contributed by atoms with E-state index in [4.69, 9.17) is 14.2 Å². The minimum absolute atomic E-state index is 0.298. The van der Waals surface area contributed by atoms with Gasteiger partial charge < -0.3 is 24.4 Å². The van der Waals surface area contributed by atoms with Crippen LogP contribution < -0.4 is 10.1 Å². The molecule has 6 heteroatoms. The third-order valence-electron chi connectivity index (χ3n) is 5.93. The predicted molar refractivity (Wildman–Crippen MR) is 122 cm³/mol. The van der Waals surface area contributed by atoms with Crippen LogP contribution in [0, 0.1) is 0 Å². The monoisotopic (exact) mass is 417 g/mol. The molecule has 6 nitrogen and oxygen atoms in total. The summed E-state index contributed by atoms with van der Waals surface area (Å²) in [4.78, 5) is 6.78. The predicted octanol–water partition coefficient (Wildman–Crippen LogP) is 3.81. The number of aliphatic imine (C=N–C) groups is 1. The summed E-state index contributed by atoms with van der Waals surface area (Å²) in [5.41, 5.74) is 1.25. The summed E-state index contributed by atoms with van der Waals surface area (Å²) in [5, 5.41) is 3.45. The molecule has 2 saturated heterocycles. The molecule has 0 aromatic heterocycles. The summed E-state index contributed by atoms with van der Waals surface area (Å²) in [7, 11) is 1.85. The van der Waals surface area contributed by atoms with Crippen LogP contribution in [0.2, 0.25) is 0 Å². The molecule has 2 heterocycles. The summed E-state index contributed by atoms with van der Waals surface area (Å²) in [6, 6.07) is 8.28. The molecule has 168 valence electrons. The molecule has 2 fully saturated rings. The maximum Gasteiger partial charge on any atom is 0.193 e. The first-order valence-electron chi connectivity index (χ1n) is 11.6. The van der Waals surface area contributed by atoms with Gasteiger partial charge in [0.1, 0.15) is 12.4 Å². The van der Waals surface area contributed by atoms with E-state index in [1.807, 2.05) is 19.2 Å². The molecular formula is C24H39N3O3. The molecule has 3 rings (SSSR count). The molecule has 0 amide bonds. The number of hydrogen-bond donors (Lipinski definition) is 1. The number of likely N-dealkylation sites (tertiary alicyclic amines) is 1. The fraction of sp³-hybridized carbons (Fsp3) is 0.708. The molecule has 1 N–H and O–H groups in total. The standard InChI is InChI=1S/C24H39N3O3/c1-19(2)22-9-4-5-10-23(22)29-17-13-26-24(25-3)27-14-11-20(12-15-27)30-18-21-8-6-7-16-28-21/h4-5,9-10,19-21H,6-8,11-18H2,1-3H3,(H,25,26). The Morgan fingerprint density at radius 3 is 2.70 bits per heavy atom. The molecule has 1 atom stereocenters. The first-order chi connectivity index (χ1) is 14.7. The van der Waals surface area contributed by atoms with Gasteiger partial charge in [-0.15, -0.1) is 0 Å². The van der Waals surface area contributed by atoms with Gasteiger partial charge in [-0.25, -0.2) is 0 Å². The van der Waals surface area contributed by atoms with E-state index < -0.39 is 0 Å². The van der Waals surface area contributed by atoms with Crippen LogP contribution in [0.3, 0.4) is 0 Å². The third-order valence-corrected chi connectivity index (χ3v) is 5.93. The van der Waals surface area contributed by atoms with Gasteiger partial charge in [0.25, 0.3) is 0 Å². The van der Waals surface area contributed by atoms with Gasteiger partial charge in [-0.05, 0) is 49.7 Å². The highest BCUT2D eigenvalue weighted by molar-refractivity contribution is 5.79. The first kappa shape index (κ1) is 22.9. The number of hydrogen-bond acceptors (Lipinski definition) is 4. The molecule has 0 aliphatic carbocycles. The fourth-order valence-corrected chi connectivity index (χ4v) is 4.16. The first-order valence-corrected chi connectivity index (χ1v) is 11.6. The lowest BCUT2D eigenvalue weighted by molar-refractivity contribution is -0.0721. The van der Waals surface area contributed by atoms with Crippen molar-refractivity contribution in [3.8, 4) is 5.75 Å². The molecule has 1 aromatic carbocycles. The Labute approximate surface area is 182 Å². The van der Waals surface area contributed by atoms with E-state index in [1.54, 1.807) is 0 Å². The lowest BCUT2D eigenvalue weighted by atomic mass is 10.0. The van der Waals surface area contributed by atoms with Gasteiger partial charge in [-0.2, -0.15) is 0 Å². The van der Waals surface area contributed by atoms with E-state index in [0.717, 1.165) is 63.8 Å². The number of piperidine rings is 1. The highest BCUT2D eigenvalue weighted by Crippen LogP contribution is 2.25. The van der Waals surface area contributed by atoms with E-state index in [1.165, 1.54) is 18.4 Å². The van der Waals surface area contributed by atoms with Gasteiger partial charge in [0, 0.05) is 26.7 Å². The SMILES string of the molecule is CN=C(NCCOc1ccccc1C(C)C)N1CCC(OCC2CCCCO2)CC1. The minimum atomic E-state index is 0.298. The van der Waals surface area contributed by atoms with Crippen molar-refractivity contribution in [2.45, 2.75) is 64.1 Å². The lowest BCUT2D eigenvalue weighted by Crippen LogP contribution is -2.48. The van der Waals surface area contributed by atoms with Crippen LogP contribution in [0.5, 0.6) is 5.75 Å². The molecule has 0 bridgehead atoms. The van der Waals surface area contributed by atoms with Crippen LogP contribution >= 0.6 is 0 Å². The van der Waals surface area contributed by atoms with Crippen LogP contribution in [-0.4, -0.2) is 69.6 Å². The van der Waals surface area contributed by atoms with Crippen LogP contribution in [0.25, 0.3) is 0 Å². The summed E-state index contributed by atoms with van der Waals surface area (Å²) in [5.74, 6) is 2.38. The highest BCUT2D eigenvalue weighted by Gasteiger charge is 2.23. The topological polar surface area (TPSA) is 55.3 Å². The van der Waals surface area contributed by atoms with Crippen molar-refractivity contribution in [1.82, 2.24) is 10.2 Å². The molecular weight excluding hydrogens is 378 g/mol. The molecule has 1 unspecified atom stereocenters. The average Bonchev–Trinajstić information content (AvgIpc) is 2.79. The fourth-order valence-electron chi connectivity index (χ4n) is 4.16. The molecule has 0 radical (unpaired) electrons. The number of guanidine groups is 1. The van der Waals surface area contributed by atoms with Crippen molar-refractivity contribution in [1.29, 1.82) is 0 Å². The summed E-state index contributed by atoms with van der Waals surface area (Å²) >= 11 is 0. The Morgan fingerprint density at radius 2 is 2.00 bits per heavy atom. The van der Waals surface area contributed by atoms with Crippen LogP contribution in [0.4, 0.5) is 0 Å². The normalized spacial score (nSPS) is 21.1.